The van der Waals surface area contributed by atoms with Gasteiger partial charge >= 0.3 is 0 Å². The standard InChI is InChI=1S/C14H16FN3O/c1-10-2-5-14(9-16,6-3-10)18-13(19)11-4-7-17-12(15)8-11/h4,7-8,10H,2-3,5-6H2,1H3,(H,18,19). The van der Waals surface area contributed by atoms with Gasteiger partial charge in [-0.3, -0.25) is 4.79 Å². The van der Waals surface area contributed by atoms with Crippen molar-refractivity contribution in [3.63, 3.8) is 0 Å². The number of carbonyl (C=O) groups is 1. The number of nitrogens with one attached hydrogen (secondary N) is 1. The Balaban J connectivity index is 2.11. The minimum Gasteiger partial charge on any atom is -0.334 e. The Bertz CT molecular complexity index is 516. The highest BCUT2D eigenvalue weighted by molar-refractivity contribution is 5.94. The molecule has 0 spiro atoms. The van der Waals surface area contributed by atoms with Crippen LogP contribution in [0, 0.1) is 23.2 Å². The van der Waals surface area contributed by atoms with E-state index in [2.05, 4.69) is 23.3 Å². The zero-order valence-electron chi connectivity index (χ0n) is 10.8. The van der Waals surface area contributed by atoms with Gasteiger partial charge in [-0.1, -0.05) is 6.92 Å². The second-order valence-electron chi connectivity index (χ2n) is 5.20. The van der Waals surface area contributed by atoms with Gasteiger partial charge in [-0.25, -0.2) is 4.98 Å². The molecule has 19 heavy (non-hydrogen) atoms. The van der Waals surface area contributed by atoms with E-state index in [1.54, 1.807) is 0 Å². The van der Waals surface area contributed by atoms with Crippen LogP contribution >= 0.6 is 0 Å². The molecular formula is C14H16FN3O. The lowest BCUT2D eigenvalue weighted by Crippen LogP contribution is -2.49. The van der Waals surface area contributed by atoms with E-state index in [9.17, 15) is 14.4 Å². The second-order valence-corrected chi connectivity index (χ2v) is 5.20. The first-order chi connectivity index (χ1) is 9.04. The molecule has 0 atom stereocenters. The fourth-order valence-corrected chi connectivity index (χ4v) is 2.35. The van der Waals surface area contributed by atoms with E-state index in [0.717, 1.165) is 18.9 Å². The summed E-state index contributed by atoms with van der Waals surface area (Å²) in [5.41, 5.74) is -0.621. The van der Waals surface area contributed by atoms with Crippen molar-refractivity contribution in [1.82, 2.24) is 10.3 Å². The molecule has 1 heterocycles. The van der Waals surface area contributed by atoms with Crippen molar-refractivity contribution in [3.8, 4) is 6.07 Å². The number of halogens is 1. The molecule has 1 aliphatic carbocycles. The van der Waals surface area contributed by atoms with Crippen molar-refractivity contribution < 1.29 is 9.18 Å². The maximum absolute atomic E-state index is 13.0. The Morgan fingerprint density at radius 3 is 2.84 bits per heavy atom. The van der Waals surface area contributed by atoms with Gasteiger partial charge in [-0.05, 0) is 37.7 Å². The number of pyridine rings is 1. The summed E-state index contributed by atoms with van der Waals surface area (Å²) < 4.78 is 13.0. The summed E-state index contributed by atoms with van der Waals surface area (Å²) in [5, 5.41) is 12.1. The largest absolute Gasteiger partial charge is 0.334 e. The first-order valence-electron chi connectivity index (χ1n) is 6.40. The van der Waals surface area contributed by atoms with Crippen LogP contribution in [-0.2, 0) is 0 Å². The zero-order chi connectivity index (χ0) is 13.9. The average molecular weight is 261 g/mol. The molecular weight excluding hydrogens is 245 g/mol. The molecule has 0 bridgehead atoms. The molecule has 1 aromatic rings. The number of nitriles is 1. The summed E-state index contributed by atoms with van der Waals surface area (Å²) in [6, 6.07) is 4.73. The van der Waals surface area contributed by atoms with E-state index in [-0.39, 0.29) is 5.56 Å². The second kappa shape index (κ2) is 5.35. The summed E-state index contributed by atoms with van der Waals surface area (Å²) >= 11 is 0. The van der Waals surface area contributed by atoms with Crippen LogP contribution in [0.3, 0.4) is 0 Å². The predicted octanol–water partition coefficient (Wildman–Crippen LogP) is 2.42. The highest BCUT2D eigenvalue weighted by Gasteiger charge is 2.35. The zero-order valence-corrected chi connectivity index (χ0v) is 10.8. The summed E-state index contributed by atoms with van der Waals surface area (Å²) in [4.78, 5) is 15.5. The first-order valence-corrected chi connectivity index (χ1v) is 6.40. The van der Waals surface area contributed by atoms with Gasteiger partial charge in [0.15, 0.2) is 0 Å². The highest BCUT2D eigenvalue weighted by atomic mass is 19.1. The van der Waals surface area contributed by atoms with E-state index in [4.69, 9.17) is 0 Å². The van der Waals surface area contributed by atoms with Crippen molar-refractivity contribution in [2.75, 3.05) is 0 Å². The van der Waals surface area contributed by atoms with Crippen LogP contribution in [-0.4, -0.2) is 16.4 Å². The fraction of sp³-hybridized carbons (Fsp3) is 0.500. The Morgan fingerprint density at radius 2 is 2.26 bits per heavy atom. The van der Waals surface area contributed by atoms with Crippen LogP contribution in [0.4, 0.5) is 4.39 Å². The van der Waals surface area contributed by atoms with Crippen LogP contribution in [0.1, 0.15) is 43.0 Å². The van der Waals surface area contributed by atoms with Crippen molar-refractivity contribution in [2.24, 2.45) is 5.92 Å². The lowest BCUT2D eigenvalue weighted by molar-refractivity contribution is 0.0893. The molecule has 0 radical (unpaired) electrons. The Labute approximate surface area is 111 Å². The van der Waals surface area contributed by atoms with Crippen LogP contribution in [0.2, 0.25) is 0 Å². The SMILES string of the molecule is CC1CCC(C#N)(NC(=O)c2ccnc(F)c2)CC1. The summed E-state index contributed by atoms with van der Waals surface area (Å²) in [6.07, 6.45) is 4.36. The first kappa shape index (κ1) is 13.5. The fourth-order valence-electron chi connectivity index (χ4n) is 2.35. The smallest absolute Gasteiger partial charge is 0.252 e. The highest BCUT2D eigenvalue weighted by Crippen LogP contribution is 2.31. The van der Waals surface area contributed by atoms with E-state index in [1.807, 2.05) is 0 Å². The predicted molar refractivity (Wildman–Crippen MR) is 67.6 cm³/mol. The number of hydrogen-bond donors (Lipinski definition) is 1. The Morgan fingerprint density at radius 1 is 1.58 bits per heavy atom. The van der Waals surface area contributed by atoms with Gasteiger partial charge in [0.2, 0.25) is 5.95 Å². The molecule has 1 saturated carbocycles. The van der Waals surface area contributed by atoms with Gasteiger partial charge in [0.1, 0.15) is 5.54 Å². The van der Waals surface area contributed by atoms with Gasteiger partial charge in [-0.15, -0.1) is 0 Å². The van der Waals surface area contributed by atoms with E-state index >= 15 is 0 Å². The number of aromatic nitrogens is 1. The van der Waals surface area contributed by atoms with Crippen molar-refractivity contribution in [2.45, 2.75) is 38.1 Å². The molecule has 1 amide bonds. The van der Waals surface area contributed by atoms with E-state index in [1.165, 1.54) is 12.3 Å². The minimum atomic E-state index is -0.816. The van der Waals surface area contributed by atoms with Gasteiger partial charge in [0, 0.05) is 17.8 Å². The van der Waals surface area contributed by atoms with Crippen LogP contribution in [0.15, 0.2) is 18.3 Å². The molecule has 0 saturated heterocycles. The third-order valence-electron chi connectivity index (χ3n) is 3.68. The van der Waals surface area contributed by atoms with Crippen LogP contribution < -0.4 is 5.32 Å². The number of nitrogens with zero attached hydrogens (tertiary/aromatic N) is 2. The number of carbonyl (C=O) groups excluding carboxylic acids is 1. The van der Waals surface area contributed by atoms with Crippen molar-refractivity contribution in [1.29, 1.82) is 5.26 Å². The molecule has 1 fully saturated rings. The van der Waals surface area contributed by atoms with Crippen LogP contribution in [0.5, 0.6) is 0 Å². The number of rotatable bonds is 2. The van der Waals surface area contributed by atoms with Gasteiger partial charge in [0.25, 0.3) is 5.91 Å². The normalized spacial score (nSPS) is 26.5. The third-order valence-corrected chi connectivity index (χ3v) is 3.68. The van der Waals surface area contributed by atoms with Gasteiger partial charge < -0.3 is 5.32 Å². The molecule has 1 aliphatic rings. The topological polar surface area (TPSA) is 65.8 Å². The van der Waals surface area contributed by atoms with Crippen LogP contribution in [0.25, 0.3) is 0 Å². The quantitative estimate of drug-likeness (QED) is 0.831. The molecule has 0 unspecified atom stereocenters. The molecule has 1 N–H and O–H groups in total. The Hall–Kier alpha value is -1.96. The minimum absolute atomic E-state index is 0.195. The molecule has 5 heteroatoms. The summed E-state index contributed by atoms with van der Waals surface area (Å²) in [6.45, 7) is 2.14. The van der Waals surface area contributed by atoms with E-state index < -0.39 is 17.4 Å². The van der Waals surface area contributed by atoms with E-state index in [0.29, 0.717) is 18.8 Å². The molecule has 0 aliphatic heterocycles. The van der Waals surface area contributed by atoms with Gasteiger partial charge in [0.05, 0.1) is 6.07 Å². The lowest BCUT2D eigenvalue weighted by Gasteiger charge is -2.34. The van der Waals surface area contributed by atoms with Crippen molar-refractivity contribution in [3.05, 3.63) is 29.8 Å². The molecule has 4 nitrogen and oxygen atoms in total. The van der Waals surface area contributed by atoms with Crippen molar-refractivity contribution >= 4 is 5.91 Å². The molecule has 100 valence electrons. The molecule has 1 aromatic heterocycles. The maximum atomic E-state index is 13.0. The molecule has 0 aromatic carbocycles. The number of amides is 1. The van der Waals surface area contributed by atoms with Gasteiger partial charge in [-0.2, -0.15) is 9.65 Å². The molecule has 2 rings (SSSR count). The summed E-state index contributed by atoms with van der Waals surface area (Å²) in [7, 11) is 0. The third kappa shape index (κ3) is 3.08. The Kier molecular flexibility index (Phi) is 3.79. The monoisotopic (exact) mass is 261 g/mol. The lowest BCUT2D eigenvalue weighted by atomic mass is 9.78. The maximum Gasteiger partial charge on any atom is 0.252 e. The number of hydrogen-bond acceptors (Lipinski definition) is 3. The summed E-state index contributed by atoms with van der Waals surface area (Å²) in [5.74, 6) is -0.537. The average Bonchev–Trinajstić information content (AvgIpc) is 2.42.